The van der Waals surface area contributed by atoms with Crippen molar-refractivity contribution in [2.75, 3.05) is 30.4 Å². The molecule has 0 unspecified atom stereocenters. The zero-order chi connectivity index (χ0) is 27.6. The number of rotatable bonds is 13. The van der Waals surface area contributed by atoms with E-state index < -0.39 is 6.04 Å². The fourth-order valence-corrected chi connectivity index (χ4v) is 5.50. The summed E-state index contributed by atoms with van der Waals surface area (Å²) in [6.45, 7) is 1.61. The van der Waals surface area contributed by atoms with E-state index in [0.29, 0.717) is 41.8 Å². The maximum Gasteiger partial charge on any atom is 0.252 e. The zero-order valence-electron chi connectivity index (χ0n) is 22.0. The van der Waals surface area contributed by atoms with Crippen LogP contribution in [0, 0.1) is 5.82 Å². The summed E-state index contributed by atoms with van der Waals surface area (Å²) < 4.78 is 13.4. The number of Topliss-reactive ketones (excluding diaryl/α,β-unsaturated/α-hetero) is 1. The summed E-state index contributed by atoms with van der Waals surface area (Å²) in [5, 5.41) is 10.2. The molecule has 2 heterocycles. The van der Waals surface area contributed by atoms with E-state index >= 15 is 0 Å². The number of amides is 1. The van der Waals surface area contributed by atoms with Crippen molar-refractivity contribution in [1.82, 2.24) is 15.6 Å². The van der Waals surface area contributed by atoms with Crippen molar-refractivity contribution >= 4 is 41.8 Å². The van der Waals surface area contributed by atoms with Crippen LogP contribution in [-0.2, 0) is 12.8 Å². The minimum atomic E-state index is -0.684. The first-order valence-electron chi connectivity index (χ1n) is 13.2. The fourth-order valence-electron chi connectivity index (χ4n) is 4.67. The molecule has 1 aliphatic rings. The zero-order valence-corrected chi connectivity index (χ0v) is 23.7. The molecule has 0 saturated carbocycles. The molecule has 3 N–H and O–H groups in total. The molecule has 0 bridgehead atoms. The number of hydrogen-bond acceptors (Lipinski definition) is 7. The number of pyridine rings is 1. The number of thiol groups is 1. The fraction of sp³-hybridized carbons (Fsp3) is 0.367. The van der Waals surface area contributed by atoms with Gasteiger partial charge >= 0.3 is 0 Å². The lowest BCUT2D eigenvalue weighted by atomic mass is 9.97. The van der Waals surface area contributed by atoms with Crippen LogP contribution in [-0.4, -0.2) is 59.1 Å². The lowest BCUT2D eigenvalue weighted by molar-refractivity contribution is 0.0852. The number of aryl methyl sites for hydroxylation is 2. The van der Waals surface area contributed by atoms with Crippen molar-refractivity contribution in [3.05, 3.63) is 95.1 Å². The van der Waals surface area contributed by atoms with Crippen LogP contribution in [0.1, 0.15) is 44.8 Å². The average molecular weight is 567 g/mol. The molecule has 206 valence electrons. The molecule has 0 spiro atoms. The predicted octanol–water partition coefficient (Wildman–Crippen LogP) is 4.81. The monoisotopic (exact) mass is 566 g/mol. The van der Waals surface area contributed by atoms with Crippen LogP contribution >= 0.6 is 24.4 Å². The Balaban J connectivity index is 1.54. The second kappa shape index (κ2) is 14.5. The molecule has 1 fully saturated rings. The van der Waals surface area contributed by atoms with Crippen molar-refractivity contribution in [3.8, 4) is 0 Å². The third-order valence-corrected chi connectivity index (χ3v) is 7.89. The van der Waals surface area contributed by atoms with E-state index in [2.05, 4.69) is 33.6 Å². The van der Waals surface area contributed by atoms with Gasteiger partial charge in [0.1, 0.15) is 11.5 Å². The third kappa shape index (κ3) is 8.55. The van der Waals surface area contributed by atoms with Gasteiger partial charge in [-0.15, -0.1) is 0 Å². The first-order chi connectivity index (χ1) is 18.9. The van der Waals surface area contributed by atoms with E-state index in [1.54, 1.807) is 48.3 Å². The standard InChI is InChI=1S/C30H35FN4O2S2/c1-39-15-13-28(29(36)27-4-2-3-14-32-27)35-30(37)26-17-23(33-18-24-16-25(38)19-34-24)12-9-21(26)8-5-20-6-10-22(31)11-7-20/h2-4,6-7,9-12,14,17,24-25,28,33-34,38H,5,8,13,15-16,18-19H2,1H3,(H,35,37)/t24-,25-,28-/m0/s1. The van der Waals surface area contributed by atoms with E-state index in [0.717, 1.165) is 42.1 Å². The van der Waals surface area contributed by atoms with Crippen molar-refractivity contribution < 1.29 is 14.0 Å². The molecular formula is C30H35FN4O2S2. The largest absolute Gasteiger partial charge is 0.383 e. The lowest BCUT2D eigenvalue weighted by Crippen LogP contribution is -2.42. The molecule has 2 aromatic carbocycles. The first-order valence-corrected chi connectivity index (χ1v) is 15.1. The van der Waals surface area contributed by atoms with Gasteiger partial charge in [0, 0.05) is 41.8 Å². The van der Waals surface area contributed by atoms with Crippen molar-refractivity contribution in [2.45, 2.75) is 43.0 Å². The number of benzene rings is 2. The molecule has 1 aliphatic heterocycles. The topological polar surface area (TPSA) is 83.1 Å². The Bertz CT molecular complexity index is 1240. The molecule has 1 amide bonds. The van der Waals surface area contributed by atoms with E-state index in [1.807, 2.05) is 24.5 Å². The summed E-state index contributed by atoms with van der Waals surface area (Å²) in [4.78, 5) is 31.1. The Morgan fingerprint density at radius 2 is 1.97 bits per heavy atom. The van der Waals surface area contributed by atoms with Gasteiger partial charge in [-0.1, -0.05) is 24.3 Å². The molecule has 9 heteroatoms. The smallest absolute Gasteiger partial charge is 0.252 e. The Hall–Kier alpha value is -2.88. The highest BCUT2D eigenvalue weighted by atomic mass is 32.2. The quantitative estimate of drug-likeness (QED) is 0.176. The number of thioether (sulfide) groups is 1. The van der Waals surface area contributed by atoms with E-state index in [-0.39, 0.29) is 17.5 Å². The lowest BCUT2D eigenvalue weighted by Gasteiger charge is -2.20. The van der Waals surface area contributed by atoms with Gasteiger partial charge in [-0.05, 0) is 85.2 Å². The van der Waals surface area contributed by atoms with Crippen molar-refractivity contribution in [1.29, 1.82) is 0 Å². The number of ketones is 1. The Labute approximate surface area is 239 Å². The molecule has 3 aromatic rings. The van der Waals surface area contributed by atoms with Gasteiger partial charge in [-0.25, -0.2) is 4.39 Å². The van der Waals surface area contributed by atoms with Gasteiger partial charge in [-0.2, -0.15) is 24.4 Å². The van der Waals surface area contributed by atoms with Gasteiger partial charge in [0.25, 0.3) is 5.91 Å². The number of nitrogens with zero attached hydrogens (tertiary/aromatic N) is 1. The molecule has 6 nitrogen and oxygen atoms in total. The van der Waals surface area contributed by atoms with Crippen LogP contribution in [0.15, 0.2) is 66.9 Å². The average Bonchev–Trinajstić information content (AvgIpc) is 3.38. The van der Waals surface area contributed by atoms with Gasteiger partial charge in [0.15, 0.2) is 0 Å². The number of carbonyl (C=O) groups is 2. The minimum absolute atomic E-state index is 0.200. The normalized spacial score (nSPS) is 17.5. The summed E-state index contributed by atoms with van der Waals surface area (Å²) in [6.07, 6.45) is 6.30. The van der Waals surface area contributed by atoms with Gasteiger partial charge < -0.3 is 16.0 Å². The van der Waals surface area contributed by atoms with Gasteiger partial charge in [0.05, 0.1) is 6.04 Å². The Morgan fingerprint density at radius 1 is 1.15 bits per heavy atom. The number of anilines is 1. The minimum Gasteiger partial charge on any atom is -0.383 e. The highest BCUT2D eigenvalue weighted by Crippen LogP contribution is 2.21. The summed E-state index contributed by atoms with van der Waals surface area (Å²) in [5.74, 6) is -0.0429. The summed E-state index contributed by atoms with van der Waals surface area (Å²) in [6, 6.07) is 17.1. The predicted molar refractivity (Wildman–Crippen MR) is 161 cm³/mol. The maximum atomic E-state index is 13.7. The molecule has 0 aliphatic carbocycles. The summed E-state index contributed by atoms with van der Waals surface area (Å²) in [7, 11) is 0. The van der Waals surface area contributed by atoms with Crippen molar-refractivity contribution in [3.63, 3.8) is 0 Å². The highest BCUT2D eigenvalue weighted by molar-refractivity contribution is 7.98. The number of hydrogen-bond donors (Lipinski definition) is 4. The Kier molecular flexibility index (Phi) is 10.8. The van der Waals surface area contributed by atoms with Crippen LogP contribution in [0.4, 0.5) is 10.1 Å². The molecule has 1 saturated heterocycles. The summed E-state index contributed by atoms with van der Waals surface area (Å²) >= 11 is 6.17. The number of carbonyl (C=O) groups excluding carboxylic acids is 2. The number of nitrogens with one attached hydrogen (secondary N) is 3. The van der Waals surface area contributed by atoms with E-state index in [9.17, 15) is 14.0 Å². The molecule has 39 heavy (non-hydrogen) atoms. The molecular weight excluding hydrogens is 531 g/mol. The molecule has 4 rings (SSSR count). The first kappa shape index (κ1) is 29.1. The maximum absolute atomic E-state index is 13.7. The summed E-state index contributed by atoms with van der Waals surface area (Å²) in [5.41, 5.74) is 3.55. The second-order valence-electron chi connectivity index (χ2n) is 9.76. The van der Waals surface area contributed by atoms with E-state index in [1.165, 1.54) is 12.1 Å². The van der Waals surface area contributed by atoms with Crippen LogP contribution in [0.2, 0.25) is 0 Å². The van der Waals surface area contributed by atoms with Crippen LogP contribution < -0.4 is 16.0 Å². The van der Waals surface area contributed by atoms with E-state index in [4.69, 9.17) is 0 Å². The number of halogens is 1. The Morgan fingerprint density at radius 3 is 2.67 bits per heavy atom. The third-order valence-electron chi connectivity index (χ3n) is 6.85. The van der Waals surface area contributed by atoms with Crippen molar-refractivity contribution in [2.24, 2.45) is 0 Å². The number of aromatic nitrogens is 1. The molecule has 3 atom stereocenters. The second-order valence-corrected chi connectivity index (χ2v) is 11.5. The van der Waals surface area contributed by atoms with Gasteiger partial charge in [0.2, 0.25) is 5.78 Å². The van der Waals surface area contributed by atoms with Crippen LogP contribution in [0.3, 0.4) is 0 Å². The van der Waals surface area contributed by atoms with Crippen LogP contribution in [0.25, 0.3) is 0 Å². The van der Waals surface area contributed by atoms with Crippen LogP contribution in [0.5, 0.6) is 0 Å². The highest BCUT2D eigenvalue weighted by Gasteiger charge is 2.25. The molecule has 0 radical (unpaired) electrons. The molecule has 1 aromatic heterocycles. The SMILES string of the molecule is CSCC[C@H](NC(=O)c1cc(NC[C@@H]2C[C@H](S)CN2)ccc1CCc1ccc(F)cc1)C(=O)c1ccccn1. The van der Waals surface area contributed by atoms with Gasteiger partial charge in [-0.3, -0.25) is 14.6 Å².